The van der Waals surface area contributed by atoms with E-state index in [9.17, 15) is 0 Å². The van der Waals surface area contributed by atoms with Gasteiger partial charge in [-0.25, -0.2) is 0 Å². The quantitative estimate of drug-likeness (QED) is 0.552. The average molecular weight is 262 g/mol. The third-order valence-electron chi connectivity index (χ3n) is 3.25. The largest absolute Gasteiger partial charge is 0.498 e. The topological polar surface area (TPSA) is 9.23 Å². The van der Waals surface area contributed by atoms with Gasteiger partial charge in [-0.2, -0.15) is 0 Å². The Balaban J connectivity index is 2.79. The van der Waals surface area contributed by atoms with Crippen LogP contribution in [0.25, 0.3) is 0 Å². The van der Waals surface area contributed by atoms with Crippen molar-refractivity contribution in [2.24, 2.45) is 5.92 Å². The van der Waals surface area contributed by atoms with Crippen molar-refractivity contribution in [3.8, 4) is 0 Å². The molecule has 0 bridgehead atoms. The molecule has 1 aromatic rings. The van der Waals surface area contributed by atoms with Gasteiger partial charge in [-0.05, 0) is 19.0 Å². The van der Waals surface area contributed by atoms with Crippen molar-refractivity contribution in [1.29, 1.82) is 0 Å². The molecule has 0 saturated carbocycles. The van der Waals surface area contributed by atoms with Crippen LogP contribution in [0.5, 0.6) is 0 Å². The molecular formula is C16H26OSi. The fourth-order valence-electron chi connectivity index (χ4n) is 1.99. The molecule has 0 aliphatic heterocycles. The maximum Gasteiger partial charge on any atom is 0.0942 e. The molecule has 18 heavy (non-hydrogen) atoms. The summed E-state index contributed by atoms with van der Waals surface area (Å²) in [5.41, 5.74) is 0. The van der Waals surface area contributed by atoms with Gasteiger partial charge < -0.3 is 4.74 Å². The van der Waals surface area contributed by atoms with E-state index in [2.05, 4.69) is 70.3 Å². The fourth-order valence-corrected chi connectivity index (χ4v) is 4.03. The zero-order valence-electron chi connectivity index (χ0n) is 12.4. The van der Waals surface area contributed by atoms with Crippen molar-refractivity contribution in [1.82, 2.24) is 0 Å². The minimum atomic E-state index is -1.37. The minimum Gasteiger partial charge on any atom is -0.498 e. The van der Waals surface area contributed by atoms with E-state index in [1.165, 1.54) is 5.19 Å². The Kier molecular flexibility index (Phi) is 5.67. The maximum atomic E-state index is 5.72. The van der Waals surface area contributed by atoms with Gasteiger partial charge in [0.2, 0.25) is 0 Å². The molecule has 0 saturated heterocycles. The van der Waals surface area contributed by atoms with Crippen LogP contribution in [-0.2, 0) is 4.74 Å². The lowest BCUT2D eigenvalue weighted by molar-refractivity contribution is 0.199. The molecule has 1 rings (SSSR count). The van der Waals surface area contributed by atoms with Crippen molar-refractivity contribution >= 4 is 13.3 Å². The van der Waals surface area contributed by atoms with E-state index < -0.39 is 8.07 Å². The number of hydrogen-bond acceptors (Lipinski definition) is 1. The highest BCUT2D eigenvalue weighted by Crippen LogP contribution is 2.17. The Morgan fingerprint density at radius 2 is 1.83 bits per heavy atom. The molecule has 100 valence electrons. The summed E-state index contributed by atoms with van der Waals surface area (Å²) in [6.45, 7) is 12.0. The number of hydrogen-bond donors (Lipinski definition) is 0. The van der Waals surface area contributed by atoms with Gasteiger partial charge in [-0.3, -0.25) is 0 Å². The number of benzene rings is 1. The van der Waals surface area contributed by atoms with Crippen LogP contribution in [-0.4, -0.2) is 14.7 Å². The van der Waals surface area contributed by atoms with Gasteiger partial charge in [0.15, 0.2) is 0 Å². The van der Waals surface area contributed by atoms with Crippen molar-refractivity contribution in [2.45, 2.75) is 39.9 Å². The Morgan fingerprint density at radius 3 is 2.33 bits per heavy atom. The van der Waals surface area contributed by atoms with E-state index >= 15 is 0 Å². The predicted molar refractivity (Wildman–Crippen MR) is 82.9 cm³/mol. The molecule has 0 aliphatic carbocycles. The summed E-state index contributed by atoms with van der Waals surface area (Å²) in [5, 5.41) is 1.51. The van der Waals surface area contributed by atoms with E-state index in [0.29, 0.717) is 5.92 Å². The monoisotopic (exact) mass is 262 g/mol. The highest BCUT2D eigenvalue weighted by molar-refractivity contribution is 6.90. The van der Waals surface area contributed by atoms with Crippen LogP contribution in [0.15, 0.2) is 42.2 Å². The highest BCUT2D eigenvalue weighted by atomic mass is 28.3. The lowest BCUT2D eigenvalue weighted by Crippen LogP contribution is -2.40. The van der Waals surface area contributed by atoms with Gasteiger partial charge in [-0.15, -0.1) is 0 Å². The molecule has 0 aliphatic rings. The van der Waals surface area contributed by atoms with Gasteiger partial charge in [0, 0.05) is 5.92 Å². The molecular weight excluding hydrogens is 236 g/mol. The van der Waals surface area contributed by atoms with Crippen LogP contribution in [0.4, 0.5) is 0 Å². The molecule has 0 unspecified atom stereocenters. The first kappa shape index (κ1) is 15.0. The Bertz CT molecular complexity index is 379. The zero-order valence-corrected chi connectivity index (χ0v) is 13.4. The van der Waals surface area contributed by atoms with Gasteiger partial charge in [0.25, 0.3) is 0 Å². The fraction of sp³-hybridized carbons (Fsp3) is 0.500. The molecule has 0 radical (unpaired) electrons. The zero-order chi connectivity index (χ0) is 13.6. The molecule has 0 amide bonds. The summed E-state index contributed by atoms with van der Waals surface area (Å²) in [7, 11) is -1.37. The third kappa shape index (κ3) is 4.34. The van der Waals surface area contributed by atoms with Crippen molar-refractivity contribution in [2.75, 3.05) is 6.61 Å². The van der Waals surface area contributed by atoms with Crippen LogP contribution in [0.1, 0.15) is 20.8 Å². The summed E-state index contributed by atoms with van der Waals surface area (Å²) >= 11 is 0. The van der Waals surface area contributed by atoms with Crippen LogP contribution in [0.2, 0.25) is 19.1 Å². The molecule has 1 nitrogen and oxygen atoms in total. The predicted octanol–water partition coefficient (Wildman–Crippen LogP) is 4.18. The van der Waals surface area contributed by atoms with Crippen LogP contribution in [0, 0.1) is 5.92 Å². The van der Waals surface area contributed by atoms with Crippen molar-refractivity contribution in [3.63, 3.8) is 0 Å². The smallest absolute Gasteiger partial charge is 0.0942 e. The Morgan fingerprint density at radius 1 is 1.22 bits per heavy atom. The molecule has 0 heterocycles. The first-order valence-electron chi connectivity index (χ1n) is 6.85. The highest BCUT2D eigenvalue weighted by Gasteiger charge is 2.22. The van der Waals surface area contributed by atoms with Crippen LogP contribution >= 0.6 is 0 Å². The van der Waals surface area contributed by atoms with Gasteiger partial charge >= 0.3 is 0 Å². The van der Waals surface area contributed by atoms with Gasteiger partial charge in [-0.1, -0.05) is 62.5 Å². The maximum absolute atomic E-state index is 5.72. The molecule has 0 N–H and O–H groups in total. The van der Waals surface area contributed by atoms with Crippen LogP contribution < -0.4 is 5.19 Å². The number of rotatable bonds is 6. The molecule has 1 aromatic carbocycles. The van der Waals surface area contributed by atoms with E-state index in [1.807, 2.05) is 0 Å². The molecule has 2 heteroatoms. The standard InChI is InChI=1S/C16H26OSi/c1-6-17-16(14(2)3)12-13-18(4,5)15-10-8-7-9-11-15/h7-12,14H,6,13H2,1-5H3/b16-12+. The van der Waals surface area contributed by atoms with Crippen molar-refractivity contribution < 1.29 is 4.74 Å². The molecule has 0 aromatic heterocycles. The first-order valence-corrected chi connectivity index (χ1v) is 10.1. The summed E-state index contributed by atoms with van der Waals surface area (Å²) < 4.78 is 5.72. The van der Waals surface area contributed by atoms with Gasteiger partial charge in [0.05, 0.1) is 20.4 Å². The second kappa shape index (κ2) is 6.79. The third-order valence-corrected chi connectivity index (χ3v) is 6.37. The Hall–Kier alpha value is -1.02. The van der Waals surface area contributed by atoms with Crippen LogP contribution in [0.3, 0.4) is 0 Å². The SMILES string of the molecule is CCO/C(=C/C[Si](C)(C)c1ccccc1)C(C)C. The lowest BCUT2D eigenvalue weighted by Gasteiger charge is -2.22. The van der Waals surface area contributed by atoms with E-state index in [4.69, 9.17) is 4.74 Å². The summed E-state index contributed by atoms with van der Waals surface area (Å²) in [5.74, 6) is 1.62. The molecule has 0 fully saturated rings. The van der Waals surface area contributed by atoms with Crippen molar-refractivity contribution in [3.05, 3.63) is 42.2 Å². The normalized spacial score (nSPS) is 12.9. The lowest BCUT2D eigenvalue weighted by atomic mass is 10.2. The minimum absolute atomic E-state index is 0.477. The van der Waals surface area contributed by atoms with Gasteiger partial charge in [0.1, 0.15) is 0 Å². The molecule has 0 atom stereocenters. The summed E-state index contributed by atoms with van der Waals surface area (Å²) in [6, 6.07) is 12.0. The first-order chi connectivity index (χ1) is 8.47. The Labute approximate surface area is 113 Å². The van der Waals surface area contributed by atoms with E-state index in [-0.39, 0.29) is 0 Å². The summed E-state index contributed by atoms with van der Waals surface area (Å²) in [4.78, 5) is 0. The second-order valence-electron chi connectivity index (χ2n) is 5.65. The molecule has 0 spiro atoms. The number of ether oxygens (including phenoxy) is 1. The number of allylic oxidation sites excluding steroid dienone is 2. The summed E-state index contributed by atoms with van der Waals surface area (Å²) in [6.07, 6.45) is 2.31. The second-order valence-corrected chi connectivity index (χ2v) is 10.4. The van der Waals surface area contributed by atoms with E-state index in [0.717, 1.165) is 18.4 Å². The van der Waals surface area contributed by atoms with E-state index in [1.54, 1.807) is 0 Å². The average Bonchev–Trinajstić information content (AvgIpc) is 2.35.